The van der Waals surface area contributed by atoms with Crippen LogP contribution >= 0.6 is 11.6 Å². The highest BCUT2D eigenvalue weighted by Crippen LogP contribution is 2.34. The first-order valence-electron chi connectivity index (χ1n) is 8.07. The largest absolute Gasteiger partial charge is 0.318 e. The normalized spacial score (nSPS) is 15.9. The Morgan fingerprint density at radius 3 is 2.77 bits per heavy atom. The number of benzene rings is 1. The second-order valence-corrected chi connectivity index (χ2v) is 6.60. The molecule has 1 N–H and O–H groups in total. The molecule has 0 radical (unpaired) electrons. The molecule has 4 rings (SSSR count). The van der Waals surface area contributed by atoms with Crippen molar-refractivity contribution in [3.05, 3.63) is 73.9 Å². The monoisotopic (exact) mass is 371 g/mol. The van der Waals surface area contributed by atoms with Gasteiger partial charge in [0.25, 0.3) is 0 Å². The minimum absolute atomic E-state index is 0.000532. The molecule has 0 bridgehead atoms. The van der Waals surface area contributed by atoms with Crippen molar-refractivity contribution < 1.29 is 4.39 Å². The third kappa shape index (κ3) is 2.47. The number of nitrogens with zero attached hydrogens (tertiary/aromatic N) is 4. The van der Waals surface area contributed by atoms with Crippen molar-refractivity contribution in [1.82, 2.24) is 19.7 Å². The zero-order valence-corrected chi connectivity index (χ0v) is 15.1. The number of aromatic amines is 1. The van der Waals surface area contributed by atoms with Crippen LogP contribution in [0.1, 0.15) is 41.4 Å². The lowest BCUT2D eigenvalue weighted by Gasteiger charge is -2.14. The van der Waals surface area contributed by atoms with Crippen LogP contribution in [0.3, 0.4) is 0 Å². The molecule has 0 saturated heterocycles. The van der Waals surface area contributed by atoms with Crippen molar-refractivity contribution in [2.45, 2.75) is 26.8 Å². The second kappa shape index (κ2) is 5.88. The van der Waals surface area contributed by atoms with Crippen LogP contribution < -0.4 is 5.56 Å². The molecule has 26 heavy (non-hydrogen) atoms. The number of H-pyrrole nitrogens is 1. The summed E-state index contributed by atoms with van der Waals surface area (Å²) in [6.45, 7) is 5.49. The van der Waals surface area contributed by atoms with Crippen LogP contribution in [0.4, 0.5) is 4.39 Å². The Hall–Kier alpha value is -2.80. The smallest absolute Gasteiger partial charge is 0.248 e. The summed E-state index contributed by atoms with van der Waals surface area (Å²) < 4.78 is 16.2. The third-order valence-corrected chi connectivity index (χ3v) is 4.80. The molecule has 0 fully saturated rings. The van der Waals surface area contributed by atoms with Gasteiger partial charge in [-0.2, -0.15) is 5.10 Å². The number of aryl methyl sites for hydroxylation is 2. The zero-order valence-electron chi connectivity index (χ0n) is 14.3. The van der Waals surface area contributed by atoms with Gasteiger partial charge in [-0.05, 0) is 38.5 Å². The molecular weight excluding hydrogens is 357 g/mol. The first-order valence-corrected chi connectivity index (χ1v) is 8.45. The van der Waals surface area contributed by atoms with Gasteiger partial charge < -0.3 is 4.98 Å². The molecule has 2 aromatic heterocycles. The molecule has 1 aliphatic heterocycles. The molecular formula is C18H15ClFN5O. The van der Waals surface area contributed by atoms with E-state index in [9.17, 15) is 9.18 Å². The summed E-state index contributed by atoms with van der Waals surface area (Å²) in [4.78, 5) is 23.4. The van der Waals surface area contributed by atoms with Gasteiger partial charge in [-0.25, -0.2) is 14.1 Å². The van der Waals surface area contributed by atoms with Crippen LogP contribution in [0.25, 0.3) is 5.69 Å². The summed E-state index contributed by atoms with van der Waals surface area (Å²) >= 11 is 6.58. The van der Waals surface area contributed by atoms with Crippen molar-refractivity contribution in [3.63, 3.8) is 0 Å². The van der Waals surface area contributed by atoms with Gasteiger partial charge in [0.1, 0.15) is 23.4 Å². The number of hydrogen-bond acceptors (Lipinski definition) is 4. The van der Waals surface area contributed by atoms with Gasteiger partial charge in [0.05, 0.1) is 16.4 Å². The van der Waals surface area contributed by atoms with E-state index in [4.69, 9.17) is 11.6 Å². The van der Waals surface area contributed by atoms with Crippen LogP contribution in [0.15, 0.2) is 34.1 Å². The lowest BCUT2D eigenvalue weighted by molar-refractivity contribution is 0.616. The molecule has 1 aliphatic rings. The summed E-state index contributed by atoms with van der Waals surface area (Å²) in [6, 6.07) is 5.56. The highest BCUT2D eigenvalue weighted by atomic mass is 35.5. The quantitative estimate of drug-likeness (QED) is 0.713. The van der Waals surface area contributed by atoms with Gasteiger partial charge >= 0.3 is 0 Å². The predicted octanol–water partition coefficient (Wildman–Crippen LogP) is 3.28. The minimum Gasteiger partial charge on any atom is -0.318 e. The van der Waals surface area contributed by atoms with Crippen LogP contribution in [0, 0.1) is 19.7 Å². The highest BCUT2D eigenvalue weighted by molar-refractivity contribution is 6.36. The number of pyridine rings is 1. The fourth-order valence-corrected chi connectivity index (χ4v) is 3.33. The maximum atomic E-state index is 14.5. The molecule has 1 atom stereocenters. The van der Waals surface area contributed by atoms with Crippen LogP contribution in [0.5, 0.6) is 0 Å². The Labute approximate surface area is 153 Å². The lowest BCUT2D eigenvalue weighted by Crippen LogP contribution is -2.18. The van der Waals surface area contributed by atoms with Crippen molar-refractivity contribution in [2.24, 2.45) is 4.99 Å². The zero-order chi connectivity index (χ0) is 18.6. The number of aliphatic imine (C=N–C) groups is 1. The Balaban J connectivity index is 2.12. The van der Waals surface area contributed by atoms with Gasteiger partial charge in [0.2, 0.25) is 5.56 Å². The van der Waals surface area contributed by atoms with E-state index in [1.807, 2.05) is 26.0 Å². The highest BCUT2D eigenvalue weighted by Gasteiger charge is 2.29. The van der Waals surface area contributed by atoms with Gasteiger partial charge in [-0.3, -0.25) is 9.79 Å². The maximum Gasteiger partial charge on any atom is 0.248 e. The number of halogens is 2. The van der Waals surface area contributed by atoms with Crippen molar-refractivity contribution >= 4 is 17.3 Å². The average molecular weight is 372 g/mol. The second-order valence-electron chi connectivity index (χ2n) is 6.22. The van der Waals surface area contributed by atoms with E-state index in [2.05, 4.69) is 20.1 Å². The molecule has 6 nitrogen and oxygen atoms in total. The van der Waals surface area contributed by atoms with E-state index in [-0.39, 0.29) is 11.4 Å². The SMILES string of the molecule is Cc1nc2n(n1)-c1ccc(C)c(Cl)c1C(c1[nH]c(=O)ccc1F)=N[C@H]2C. The fourth-order valence-electron chi connectivity index (χ4n) is 3.09. The van der Waals surface area contributed by atoms with Crippen molar-refractivity contribution in [1.29, 1.82) is 0 Å². The molecule has 1 aromatic carbocycles. The number of aromatic nitrogens is 4. The van der Waals surface area contributed by atoms with Crippen LogP contribution in [-0.4, -0.2) is 25.5 Å². The van der Waals surface area contributed by atoms with Crippen LogP contribution in [0.2, 0.25) is 5.02 Å². The van der Waals surface area contributed by atoms with E-state index in [1.54, 1.807) is 11.6 Å². The van der Waals surface area contributed by atoms with Gasteiger partial charge in [0, 0.05) is 11.6 Å². The minimum atomic E-state index is -0.581. The first kappa shape index (κ1) is 16.7. The van der Waals surface area contributed by atoms with Crippen LogP contribution in [-0.2, 0) is 0 Å². The summed E-state index contributed by atoms with van der Waals surface area (Å²) in [7, 11) is 0. The third-order valence-electron chi connectivity index (χ3n) is 4.32. The van der Waals surface area contributed by atoms with E-state index >= 15 is 0 Å². The Morgan fingerprint density at radius 2 is 2.00 bits per heavy atom. The van der Waals surface area contributed by atoms with Gasteiger partial charge in [-0.15, -0.1) is 0 Å². The van der Waals surface area contributed by atoms with E-state index in [0.29, 0.717) is 27.9 Å². The van der Waals surface area contributed by atoms with Gasteiger partial charge in [0.15, 0.2) is 5.82 Å². The topological polar surface area (TPSA) is 75.9 Å². The van der Waals surface area contributed by atoms with E-state index in [1.165, 1.54) is 0 Å². The van der Waals surface area contributed by atoms with Gasteiger partial charge in [-0.1, -0.05) is 17.7 Å². The molecule has 132 valence electrons. The Bertz CT molecular complexity index is 1130. The lowest BCUT2D eigenvalue weighted by atomic mass is 10.0. The number of hydrogen-bond donors (Lipinski definition) is 1. The summed E-state index contributed by atoms with van der Waals surface area (Å²) in [5.41, 5.74) is 1.83. The molecule has 0 aliphatic carbocycles. The Kier molecular flexibility index (Phi) is 3.77. The summed E-state index contributed by atoms with van der Waals surface area (Å²) in [6.07, 6.45) is 0. The number of rotatable bonds is 1. The molecule has 3 aromatic rings. The summed E-state index contributed by atoms with van der Waals surface area (Å²) in [5, 5.41) is 4.88. The molecule has 3 heterocycles. The van der Waals surface area contributed by atoms with Crippen molar-refractivity contribution in [2.75, 3.05) is 0 Å². The Morgan fingerprint density at radius 1 is 1.23 bits per heavy atom. The first-order chi connectivity index (χ1) is 12.4. The van der Waals surface area contributed by atoms with E-state index < -0.39 is 17.4 Å². The standard InChI is InChI=1S/C18H15ClFN5O/c1-8-4-6-12-14(15(8)19)17(16-11(20)5-7-13(26)23-16)21-9(2)18-22-10(3)24-25(12)18/h4-7,9H,1-3H3,(H,23,26)/t9-/m0/s1. The number of fused-ring (bicyclic) bond motifs is 3. The molecule has 0 unspecified atom stereocenters. The predicted molar refractivity (Wildman–Crippen MR) is 96.9 cm³/mol. The molecule has 8 heteroatoms. The maximum absolute atomic E-state index is 14.5. The average Bonchev–Trinajstić information content (AvgIpc) is 2.94. The molecule has 0 amide bonds. The molecule has 0 spiro atoms. The van der Waals surface area contributed by atoms with E-state index in [0.717, 1.165) is 17.7 Å². The summed E-state index contributed by atoms with van der Waals surface area (Å²) in [5.74, 6) is 0.646. The molecule has 0 saturated carbocycles. The van der Waals surface area contributed by atoms with Crippen molar-refractivity contribution in [3.8, 4) is 5.69 Å². The fraction of sp³-hybridized carbons (Fsp3) is 0.222. The number of nitrogens with one attached hydrogen (secondary N) is 1.